The summed E-state index contributed by atoms with van der Waals surface area (Å²) in [5.41, 5.74) is 2.21. The van der Waals surface area contributed by atoms with Gasteiger partial charge in [0.25, 0.3) is 5.91 Å². The number of β-amino-alcohol motifs (C(OH)–C–C–N with tert-alkyl or cyclic N) is 1. The molecule has 5 nitrogen and oxygen atoms in total. The minimum Gasteiger partial charge on any atom is -0.450 e. The molecule has 1 unspecified atom stereocenters. The number of amides is 1. The first kappa shape index (κ1) is 16.8. The van der Waals surface area contributed by atoms with E-state index in [0.717, 1.165) is 11.1 Å². The molecule has 1 aliphatic rings. The lowest BCUT2D eigenvalue weighted by atomic mass is 9.98. The highest BCUT2D eigenvalue weighted by atomic mass is 35.5. The number of aliphatic hydroxyl groups is 1. The predicted octanol–water partition coefficient (Wildman–Crippen LogP) is 3.29. The van der Waals surface area contributed by atoms with Crippen LogP contribution >= 0.6 is 11.6 Å². The van der Waals surface area contributed by atoms with Crippen LogP contribution in [-0.4, -0.2) is 29.1 Å². The Morgan fingerprint density at radius 2 is 1.88 bits per heavy atom. The summed E-state index contributed by atoms with van der Waals surface area (Å²) in [4.78, 5) is 27.5. The fourth-order valence-electron chi connectivity index (χ4n) is 3.43. The summed E-state index contributed by atoms with van der Waals surface area (Å²) in [5.74, 6) is -0.363. The monoisotopic (exact) mass is 369 g/mol. The van der Waals surface area contributed by atoms with Crippen LogP contribution in [0.1, 0.15) is 33.3 Å². The Balaban J connectivity index is 2.01. The van der Waals surface area contributed by atoms with E-state index in [2.05, 4.69) is 0 Å². The van der Waals surface area contributed by atoms with E-state index in [1.807, 2.05) is 31.2 Å². The number of rotatable bonds is 3. The average Bonchev–Trinajstić information content (AvgIpc) is 2.90. The van der Waals surface area contributed by atoms with Crippen LogP contribution in [0.2, 0.25) is 5.02 Å². The van der Waals surface area contributed by atoms with E-state index in [1.54, 1.807) is 18.2 Å². The summed E-state index contributed by atoms with van der Waals surface area (Å²) in [6, 6.07) is 11.8. The Kier molecular flexibility index (Phi) is 4.05. The molecule has 1 aliphatic heterocycles. The van der Waals surface area contributed by atoms with Crippen LogP contribution in [0.25, 0.3) is 11.0 Å². The van der Waals surface area contributed by atoms with E-state index >= 15 is 0 Å². The van der Waals surface area contributed by atoms with Gasteiger partial charge in [-0.15, -0.1) is 0 Å². The van der Waals surface area contributed by atoms with Crippen molar-refractivity contribution in [3.8, 4) is 0 Å². The molecular formula is C20H16ClNO4. The SMILES string of the molecule is Cc1ccc(C2c3c(oc4ccc(Cl)cc4c3=O)C(=O)N2CCO)cc1. The molecule has 0 spiro atoms. The molecule has 1 N–H and O–H groups in total. The molecular weight excluding hydrogens is 354 g/mol. The highest BCUT2D eigenvalue weighted by molar-refractivity contribution is 6.31. The molecule has 1 atom stereocenters. The quantitative estimate of drug-likeness (QED) is 0.769. The highest BCUT2D eigenvalue weighted by Crippen LogP contribution is 2.38. The molecule has 1 amide bonds. The van der Waals surface area contributed by atoms with Crippen molar-refractivity contribution in [3.05, 3.63) is 80.2 Å². The number of carbonyl (C=O) groups excluding carboxylic acids is 1. The van der Waals surface area contributed by atoms with Crippen molar-refractivity contribution < 1.29 is 14.3 Å². The van der Waals surface area contributed by atoms with E-state index in [0.29, 0.717) is 21.6 Å². The maximum atomic E-state index is 13.2. The minimum absolute atomic E-state index is 0.0313. The van der Waals surface area contributed by atoms with Crippen molar-refractivity contribution >= 4 is 28.5 Å². The van der Waals surface area contributed by atoms with Crippen molar-refractivity contribution in [1.29, 1.82) is 0 Å². The van der Waals surface area contributed by atoms with Crippen LogP contribution in [0.4, 0.5) is 0 Å². The standard InChI is InChI=1S/C20H16ClNO4/c1-11-2-4-12(5-3-11)17-16-18(24)14-10-13(21)6-7-15(14)26-19(16)20(25)22(17)8-9-23/h2-7,10,17,23H,8-9H2,1H3. The number of aliphatic hydroxyl groups excluding tert-OH is 1. The van der Waals surface area contributed by atoms with Gasteiger partial charge in [0, 0.05) is 11.6 Å². The smallest absolute Gasteiger partial charge is 0.290 e. The van der Waals surface area contributed by atoms with Gasteiger partial charge in [-0.1, -0.05) is 41.4 Å². The number of hydrogen-bond acceptors (Lipinski definition) is 4. The second-order valence-electron chi connectivity index (χ2n) is 6.35. The van der Waals surface area contributed by atoms with Gasteiger partial charge in [0.15, 0.2) is 5.43 Å². The normalized spacial score (nSPS) is 16.3. The molecule has 4 rings (SSSR count). The Morgan fingerprint density at radius 1 is 1.15 bits per heavy atom. The van der Waals surface area contributed by atoms with E-state index < -0.39 is 11.9 Å². The fourth-order valence-corrected chi connectivity index (χ4v) is 3.60. The molecule has 0 fully saturated rings. The summed E-state index contributed by atoms with van der Waals surface area (Å²) < 4.78 is 5.77. The zero-order valence-corrected chi connectivity index (χ0v) is 14.8. The van der Waals surface area contributed by atoms with E-state index in [4.69, 9.17) is 16.0 Å². The molecule has 2 heterocycles. The molecule has 1 aromatic heterocycles. The molecule has 2 aromatic carbocycles. The maximum absolute atomic E-state index is 13.2. The molecule has 132 valence electrons. The van der Waals surface area contributed by atoms with Gasteiger partial charge in [0.2, 0.25) is 5.76 Å². The van der Waals surface area contributed by atoms with E-state index in [-0.39, 0.29) is 24.3 Å². The average molecular weight is 370 g/mol. The summed E-state index contributed by atoms with van der Waals surface area (Å²) in [6.07, 6.45) is 0. The van der Waals surface area contributed by atoms with Gasteiger partial charge in [-0.3, -0.25) is 9.59 Å². The van der Waals surface area contributed by atoms with Crippen LogP contribution in [0.5, 0.6) is 0 Å². The van der Waals surface area contributed by atoms with Gasteiger partial charge in [0.05, 0.1) is 23.6 Å². The number of halogens is 1. The van der Waals surface area contributed by atoms with Crippen molar-refractivity contribution in [2.24, 2.45) is 0 Å². The summed E-state index contributed by atoms with van der Waals surface area (Å²) >= 11 is 6.03. The molecule has 3 aromatic rings. The van der Waals surface area contributed by atoms with Gasteiger partial charge in [-0.2, -0.15) is 0 Å². The molecule has 26 heavy (non-hydrogen) atoms. The minimum atomic E-state index is -0.593. The van der Waals surface area contributed by atoms with Crippen LogP contribution < -0.4 is 5.43 Å². The molecule has 0 saturated heterocycles. The molecule has 0 aliphatic carbocycles. The summed E-state index contributed by atoms with van der Waals surface area (Å²) in [6.45, 7) is 1.87. The lowest BCUT2D eigenvalue weighted by Gasteiger charge is -2.24. The molecule has 0 bridgehead atoms. The summed E-state index contributed by atoms with van der Waals surface area (Å²) in [5, 5.41) is 10.2. The summed E-state index contributed by atoms with van der Waals surface area (Å²) in [7, 11) is 0. The number of hydrogen-bond donors (Lipinski definition) is 1. The topological polar surface area (TPSA) is 70.8 Å². The maximum Gasteiger partial charge on any atom is 0.290 e. The zero-order valence-electron chi connectivity index (χ0n) is 14.0. The van der Waals surface area contributed by atoms with Crippen molar-refractivity contribution in [2.75, 3.05) is 13.2 Å². The van der Waals surface area contributed by atoms with Crippen LogP contribution in [0.15, 0.2) is 51.7 Å². The van der Waals surface area contributed by atoms with Crippen molar-refractivity contribution in [3.63, 3.8) is 0 Å². The molecule has 0 saturated carbocycles. The fraction of sp³-hybridized carbons (Fsp3) is 0.200. The largest absolute Gasteiger partial charge is 0.450 e. The Bertz CT molecular complexity index is 1070. The first-order chi connectivity index (χ1) is 12.5. The first-order valence-electron chi connectivity index (χ1n) is 8.26. The van der Waals surface area contributed by atoms with Gasteiger partial charge in [0.1, 0.15) is 5.58 Å². The van der Waals surface area contributed by atoms with Crippen LogP contribution in [0, 0.1) is 6.92 Å². The third kappa shape index (κ3) is 2.52. The lowest BCUT2D eigenvalue weighted by molar-refractivity contribution is 0.0691. The molecule has 6 heteroatoms. The second kappa shape index (κ2) is 6.27. The van der Waals surface area contributed by atoms with Crippen molar-refractivity contribution in [2.45, 2.75) is 13.0 Å². The second-order valence-corrected chi connectivity index (χ2v) is 6.79. The van der Waals surface area contributed by atoms with Gasteiger partial charge in [-0.25, -0.2) is 0 Å². The number of benzene rings is 2. The number of fused-ring (bicyclic) bond motifs is 2. The van der Waals surface area contributed by atoms with Gasteiger partial charge in [-0.05, 0) is 30.7 Å². The van der Waals surface area contributed by atoms with E-state index in [9.17, 15) is 14.7 Å². The number of nitrogens with zero attached hydrogens (tertiary/aromatic N) is 1. The molecule has 0 radical (unpaired) electrons. The van der Waals surface area contributed by atoms with Crippen LogP contribution in [-0.2, 0) is 0 Å². The van der Waals surface area contributed by atoms with Gasteiger partial charge < -0.3 is 14.4 Å². The van der Waals surface area contributed by atoms with Crippen molar-refractivity contribution in [1.82, 2.24) is 4.90 Å². The number of carbonyl (C=O) groups is 1. The Morgan fingerprint density at radius 3 is 2.58 bits per heavy atom. The third-order valence-electron chi connectivity index (χ3n) is 4.66. The van der Waals surface area contributed by atoms with Crippen LogP contribution in [0.3, 0.4) is 0 Å². The zero-order chi connectivity index (χ0) is 18.4. The first-order valence-corrected chi connectivity index (χ1v) is 8.63. The Labute approximate surface area is 154 Å². The van der Waals surface area contributed by atoms with E-state index in [1.165, 1.54) is 4.90 Å². The van der Waals surface area contributed by atoms with Gasteiger partial charge >= 0.3 is 0 Å². The predicted molar refractivity (Wildman–Crippen MR) is 98.6 cm³/mol. The highest BCUT2D eigenvalue weighted by Gasteiger charge is 2.42. The number of aryl methyl sites for hydroxylation is 1. The lowest BCUT2D eigenvalue weighted by Crippen LogP contribution is -2.32. The Hall–Kier alpha value is -2.63. The third-order valence-corrected chi connectivity index (χ3v) is 4.90.